The largest absolute Gasteiger partial charge is 0.382 e. The average molecular weight is 316 g/mol. The highest BCUT2D eigenvalue weighted by molar-refractivity contribution is 6.31. The van der Waals surface area contributed by atoms with Gasteiger partial charge in [-0.15, -0.1) is 0 Å². The van der Waals surface area contributed by atoms with Crippen LogP contribution in [0.4, 0.5) is 0 Å². The molecular formula is C16H26ClNO3. The number of nitrogens with one attached hydrogen (secondary N) is 1. The van der Waals surface area contributed by atoms with E-state index in [1.807, 2.05) is 25.2 Å². The van der Waals surface area contributed by atoms with Gasteiger partial charge in [0.25, 0.3) is 0 Å². The number of halogens is 1. The van der Waals surface area contributed by atoms with Crippen molar-refractivity contribution in [3.05, 3.63) is 34.9 Å². The summed E-state index contributed by atoms with van der Waals surface area (Å²) in [4.78, 5) is 0. The molecule has 21 heavy (non-hydrogen) atoms. The number of hydrogen-bond donors (Lipinski definition) is 1. The summed E-state index contributed by atoms with van der Waals surface area (Å²) in [6.45, 7) is 4.03. The number of rotatable bonds is 12. The van der Waals surface area contributed by atoms with Crippen molar-refractivity contribution in [2.75, 3.05) is 53.7 Å². The van der Waals surface area contributed by atoms with Gasteiger partial charge in [-0.05, 0) is 31.0 Å². The maximum atomic E-state index is 6.27. The van der Waals surface area contributed by atoms with Crippen LogP contribution in [0, 0.1) is 0 Å². The van der Waals surface area contributed by atoms with Crippen LogP contribution in [0.1, 0.15) is 17.9 Å². The van der Waals surface area contributed by atoms with E-state index in [1.165, 1.54) is 5.56 Å². The molecule has 0 saturated carbocycles. The van der Waals surface area contributed by atoms with Crippen molar-refractivity contribution in [1.29, 1.82) is 0 Å². The maximum Gasteiger partial charge on any atom is 0.0701 e. The van der Waals surface area contributed by atoms with Gasteiger partial charge < -0.3 is 19.5 Å². The second-order valence-electron chi connectivity index (χ2n) is 4.78. The zero-order valence-corrected chi connectivity index (χ0v) is 13.7. The van der Waals surface area contributed by atoms with E-state index in [2.05, 4.69) is 11.4 Å². The lowest BCUT2D eigenvalue weighted by Crippen LogP contribution is -2.19. The molecule has 5 heteroatoms. The van der Waals surface area contributed by atoms with Gasteiger partial charge in [-0.1, -0.05) is 29.8 Å². The molecule has 1 aromatic carbocycles. The minimum Gasteiger partial charge on any atom is -0.382 e. The Labute approximate surface area is 132 Å². The summed E-state index contributed by atoms with van der Waals surface area (Å²) in [5.41, 5.74) is 1.17. The van der Waals surface area contributed by atoms with Gasteiger partial charge in [0.1, 0.15) is 0 Å². The molecule has 120 valence electrons. The molecule has 0 radical (unpaired) electrons. The number of methoxy groups -OCH3 is 1. The van der Waals surface area contributed by atoms with E-state index in [0.717, 1.165) is 18.0 Å². The first-order valence-corrected chi connectivity index (χ1v) is 7.70. The second-order valence-corrected chi connectivity index (χ2v) is 5.19. The molecule has 1 rings (SSSR count). The normalized spacial score (nSPS) is 12.5. The highest BCUT2D eigenvalue weighted by Gasteiger charge is 2.13. The van der Waals surface area contributed by atoms with Gasteiger partial charge in [0.2, 0.25) is 0 Å². The predicted molar refractivity (Wildman–Crippen MR) is 86.3 cm³/mol. The summed E-state index contributed by atoms with van der Waals surface area (Å²) >= 11 is 6.27. The Morgan fingerprint density at radius 2 is 1.71 bits per heavy atom. The van der Waals surface area contributed by atoms with Gasteiger partial charge in [0, 0.05) is 25.3 Å². The highest BCUT2D eigenvalue weighted by atomic mass is 35.5. The molecule has 0 aliphatic rings. The monoisotopic (exact) mass is 315 g/mol. The second kappa shape index (κ2) is 12.0. The lowest BCUT2D eigenvalue weighted by molar-refractivity contribution is 0.0233. The lowest BCUT2D eigenvalue weighted by Gasteiger charge is -2.18. The first-order chi connectivity index (χ1) is 10.3. The van der Waals surface area contributed by atoms with Gasteiger partial charge in [-0.2, -0.15) is 0 Å². The Balaban J connectivity index is 2.25. The summed E-state index contributed by atoms with van der Waals surface area (Å²) in [6, 6.07) is 7.99. The van der Waals surface area contributed by atoms with Crippen LogP contribution in [-0.2, 0) is 14.2 Å². The van der Waals surface area contributed by atoms with Crippen LogP contribution in [0.5, 0.6) is 0 Å². The van der Waals surface area contributed by atoms with E-state index < -0.39 is 0 Å². The number of ether oxygens (including phenoxy) is 3. The molecule has 0 amide bonds. The van der Waals surface area contributed by atoms with E-state index >= 15 is 0 Å². The third-order valence-corrected chi connectivity index (χ3v) is 3.55. The Hall–Kier alpha value is -0.650. The van der Waals surface area contributed by atoms with Crippen LogP contribution >= 0.6 is 11.6 Å². The summed E-state index contributed by atoms with van der Waals surface area (Å²) in [7, 11) is 3.62. The fourth-order valence-electron chi connectivity index (χ4n) is 2.11. The Morgan fingerprint density at radius 1 is 1.05 bits per heavy atom. The summed E-state index contributed by atoms with van der Waals surface area (Å²) in [5, 5.41) is 4.04. The first kappa shape index (κ1) is 18.4. The number of likely N-dealkylation sites (N-methyl/N-ethyl adjacent to an activating group) is 1. The van der Waals surface area contributed by atoms with Crippen molar-refractivity contribution in [1.82, 2.24) is 5.32 Å². The lowest BCUT2D eigenvalue weighted by atomic mass is 9.96. The van der Waals surface area contributed by atoms with E-state index in [9.17, 15) is 0 Å². The van der Waals surface area contributed by atoms with Crippen LogP contribution < -0.4 is 5.32 Å². The smallest absolute Gasteiger partial charge is 0.0701 e. The molecule has 1 aromatic rings. The zero-order valence-electron chi connectivity index (χ0n) is 12.9. The molecule has 0 spiro atoms. The number of hydrogen-bond acceptors (Lipinski definition) is 4. The Kier molecular flexibility index (Phi) is 10.5. The van der Waals surface area contributed by atoms with Crippen molar-refractivity contribution < 1.29 is 14.2 Å². The van der Waals surface area contributed by atoms with Crippen molar-refractivity contribution >= 4 is 11.6 Å². The van der Waals surface area contributed by atoms with Crippen LogP contribution in [0.25, 0.3) is 0 Å². The molecule has 1 N–H and O–H groups in total. The summed E-state index contributed by atoms with van der Waals surface area (Å²) in [5.74, 6) is 0.359. The number of benzene rings is 1. The zero-order chi connectivity index (χ0) is 15.3. The first-order valence-electron chi connectivity index (χ1n) is 7.33. The molecule has 0 heterocycles. The molecular weight excluding hydrogens is 290 g/mol. The Bertz CT molecular complexity index is 376. The van der Waals surface area contributed by atoms with Crippen molar-refractivity contribution in [3.63, 3.8) is 0 Å². The Morgan fingerprint density at radius 3 is 2.38 bits per heavy atom. The third-order valence-electron chi connectivity index (χ3n) is 3.21. The van der Waals surface area contributed by atoms with Gasteiger partial charge >= 0.3 is 0 Å². The maximum absolute atomic E-state index is 6.27. The van der Waals surface area contributed by atoms with Crippen LogP contribution in [0.2, 0.25) is 5.02 Å². The summed E-state index contributed by atoms with van der Waals surface area (Å²) in [6.07, 6.45) is 0.933. The van der Waals surface area contributed by atoms with Crippen LogP contribution in [0.3, 0.4) is 0 Å². The molecule has 1 atom stereocenters. The standard InChI is InChI=1S/C16H26ClNO3/c1-18-13-14(15-5-3-4-6-16(15)17)7-8-20-11-12-21-10-9-19-2/h3-6,14,18H,7-13H2,1-2H3. The fraction of sp³-hybridized carbons (Fsp3) is 0.625. The third kappa shape index (κ3) is 7.79. The molecule has 0 bridgehead atoms. The van der Waals surface area contributed by atoms with Gasteiger partial charge in [0.05, 0.1) is 26.4 Å². The molecule has 0 aliphatic heterocycles. The van der Waals surface area contributed by atoms with E-state index in [1.54, 1.807) is 7.11 Å². The molecule has 0 aromatic heterocycles. The predicted octanol–water partition coefficient (Wildman–Crippen LogP) is 2.71. The van der Waals surface area contributed by atoms with E-state index in [4.69, 9.17) is 25.8 Å². The van der Waals surface area contributed by atoms with Crippen molar-refractivity contribution in [3.8, 4) is 0 Å². The SMILES string of the molecule is CNCC(CCOCCOCCOC)c1ccccc1Cl. The van der Waals surface area contributed by atoms with Gasteiger partial charge in [-0.25, -0.2) is 0 Å². The minimum absolute atomic E-state index is 0.359. The molecule has 1 unspecified atom stereocenters. The van der Waals surface area contributed by atoms with Crippen molar-refractivity contribution in [2.45, 2.75) is 12.3 Å². The molecule has 0 aliphatic carbocycles. The topological polar surface area (TPSA) is 39.7 Å². The molecule has 0 saturated heterocycles. The quantitative estimate of drug-likeness (QED) is 0.602. The molecule has 4 nitrogen and oxygen atoms in total. The van der Waals surface area contributed by atoms with E-state index in [0.29, 0.717) is 39.0 Å². The van der Waals surface area contributed by atoms with Gasteiger partial charge in [-0.3, -0.25) is 0 Å². The highest BCUT2D eigenvalue weighted by Crippen LogP contribution is 2.26. The molecule has 0 fully saturated rings. The van der Waals surface area contributed by atoms with Crippen molar-refractivity contribution in [2.24, 2.45) is 0 Å². The van der Waals surface area contributed by atoms with Crippen LogP contribution in [0.15, 0.2) is 24.3 Å². The minimum atomic E-state index is 0.359. The summed E-state index contributed by atoms with van der Waals surface area (Å²) < 4.78 is 15.9. The van der Waals surface area contributed by atoms with E-state index in [-0.39, 0.29) is 0 Å². The van der Waals surface area contributed by atoms with Crippen LogP contribution in [-0.4, -0.2) is 53.7 Å². The fourth-order valence-corrected chi connectivity index (χ4v) is 2.40. The van der Waals surface area contributed by atoms with Gasteiger partial charge in [0.15, 0.2) is 0 Å². The average Bonchev–Trinajstić information content (AvgIpc) is 2.49.